The first-order valence-corrected chi connectivity index (χ1v) is 16.6. The van der Waals surface area contributed by atoms with Crippen molar-refractivity contribution < 1.29 is 0 Å². The summed E-state index contributed by atoms with van der Waals surface area (Å²) in [6.45, 7) is 9.29. The molecule has 176 valence electrons. The summed E-state index contributed by atoms with van der Waals surface area (Å²) in [4.78, 5) is 0. The van der Waals surface area contributed by atoms with Crippen LogP contribution < -0.4 is 0 Å². The zero-order valence-electron chi connectivity index (χ0n) is 21.4. The highest BCUT2D eigenvalue weighted by atomic mass is 31.2. The average molecular weight is 493 g/mol. The highest BCUT2D eigenvalue weighted by Crippen LogP contribution is 2.62. The van der Waals surface area contributed by atoms with Crippen LogP contribution in [0.25, 0.3) is 22.3 Å². The molecule has 0 unspecified atom stereocenters. The molecule has 0 radical (unpaired) electrons. The van der Waals surface area contributed by atoms with E-state index < -0.39 is 0 Å². The zero-order chi connectivity index (χ0) is 24.1. The molecule has 35 heavy (non-hydrogen) atoms. The van der Waals surface area contributed by atoms with Gasteiger partial charge in [0, 0.05) is 0 Å². The molecule has 0 spiro atoms. The second-order valence-electron chi connectivity index (χ2n) is 10.5. The molecule has 0 aromatic heterocycles. The van der Waals surface area contributed by atoms with Crippen LogP contribution in [0.5, 0.6) is 0 Å². The van der Waals surface area contributed by atoms with E-state index in [1.807, 2.05) is 0 Å². The first kappa shape index (κ1) is 23.2. The Kier molecular flexibility index (Phi) is 6.16. The maximum absolute atomic E-state index is 2.37. The fourth-order valence-corrected chi connectivity index (χ4v) is 13.7. The molecule has 2 aliphatic heterocycles. The lowest BCUT2D eigenvalue weighted by Crippen LogP contribution is -1.98. The maximum atomic E-state index is 2.37. The Morgan fingerprint density at radius 1 is 0.429 bits per heavy atom. The van der Waals surface area contributed by atoms with E-state index in [-0.39, 0.29) is 15.8 Å². The Bertz CT molecular complexity index is 1220. The molecule has 0 N–H and O–H groups in total. The lowest BCUT2D eigenvalue weighted by atomic mass is 9.92. The summed E-state index contributed by atoms with van der Waals surface area (Å²) in [7, 11) is -0.215. The molecule has 0 saturated carbocycles. The summed E-state index contributed by atoms with van der Waals surface area (Å²) >= 11 is 0. The number of rotatable bonds is 2. The number of hydrogen-bond acceptors (Lipinski definition) is 0. The molecule has 0 fully saturated rings. The van der Waals surface area contributed by atoms with E-state index in [0.29, 0.717) is 0 Å². The highest BCUT2D eigenvalue weighted by Gasteiger charge is 2.28. The van der Waals surface area contributed by atoms with Gasteiger partial charge in [-0.2, -0.15) is 0 Å². The summed E-state index contributed by atoms with van der Waals surface area (Å²) < 4.78 is 0. The fraction of sp³-hybridized carbons (Fsp3) is 0.273. The van der Waals surface area contributed by atoms with Gasteiger partial charge >= 0.3 is 0 Å². The van der Waals surface area contributed by atoms with E-state index in [0.717, 1.165) is 0 Å². The molecule has 6 rings (SSSR count). The predicted molar refractivity (Wildman–Crippen MR) is 156 cm³/mol. The molecule has 4 aromatic rings. The molecule has 0 aliphatic carbocycles. The monoisotopic (exact) mass is 492 g/mol. The van der Waals surface area contributed by atoms with E-state index in [1.54, 1.807) is 22.3 Å². The molecule has 0 nitrogen and oxygen atoms in total. The average Bonchev–Trinajstić information content (AvgIpc) is 3.10. The summed E-state index contributed by atoms with van der Waals surface area (Å²) in [5.74, 6) is 1.41. The molecule has 2 heteroatoms. The van der Waals surface area contributed by atoms with Crippen molar-refractivity contribution in [3.8, 4) is 22.3 Å². The third-order valence-electron chi connectivity index (χ3n) is 8.15. The van der Waals surface area contributed by atoms with Gasteiger partial charge in [-0.05, 0) is 125 Å². The van der Waals surface area contributed by atoms with Gasteiger partial charge in [-0.25, -0.2) is 0 Å². The summed E-state index contributed by atoms with van der Waals surface area (Å²) in [5.41, 5.74) is 18.3. The standard InChI is InChI=1S/C33H34P2/c1-22-9-5-13-26-27-14-6-10-23(2)31(27)18-34(17-30(22)26)21-35-19-32-24(3)11-7-15-28(32)29-16-8-12-25(4)33(29)20-35/h5-16H,17-21H2,1-4H3. The van der Waals surface area contributed by atoms with Gasteiger partial charge in [0.1, 0.15) is 0 Å². The van der Waals surface area contributed by atoms with Crippen molar-refractivity contribution in [2.45, 2.75) is 52.3 Å². The van der Waals surface area contributed by atoms with Gasteiger partial charge in [-0.3, -0.25) is 0 Å². The molecular weight excluding hydrogens is 458 g/mol. The molecule has 0 amide bonds. The van der Waals surface area contributed by atoms with Gasteiger partial charge < -0.3 is 0 Å². The number of hydrogen-bond donors (Lipinski definition) is 0. The fourth-order valence-electron chi connectivity index (χ4n) is 6.15. The lowest BCUT2D eigenvalue weighted by Gasteiger charge is -2.25. The third-order valence-corrected chi connectivity index (χ3v) is 14.4. The van der Waals surface area contributed by atoms with Gasteiger partial charge in [0.15, 0.2) is 0 Å². The van der Waals surface area contributed by atoms with Crippen LogP contribution in [0.1, 0.15) is 44.5 Å². The Morgan fingerprint density at radius 3 is 0.943 bits per heavy atom. The molecule has 0 atom stereocenters. The first-order chi connectivity index (χ1) is 17.0. The number of fused-ring (bicyclic) bond motifs is 6. The topological polar surface area (TPSA) is 0 Å². The minimum atomic E-state index is -0.108. The molecular formula is C33H34P2. The smallest absolute Gasteiger partial charge is 0.00581 e. The summed E-state index contributed by atoms with van der Waals surface area (Å²) in [6, 6.07) is 27.8. The van der Waals surface area contributed by atoms with Crippen LogP contribution in [0.2, 0.25) is 0 Å². The Morgan fingerprint density at radius 2 is 0.686 bits per heavy atom. The molecule has 4 aromatic carbocycles. The SMILES string of the molecule is Cc1cccc2c1CP(CP1Cc3c(C)cccc3-c3cccc(C)c3C1)Cc1c(C)cccc1-2. The van der Waals surface area contributed by atoms with Crippen LogP contribution in [-0.4, -0.2) is 5.90 Å². The largest absolute Gasteiger partial charge is 0.0932 e. The van der Waals surface area contributed by atoms with Crippen LogP contribution in [0.3, 0.4) is 0 Å². The Hall–Kier alpha value is -2.26. The van der Waals surface area contributed by atoms with Crippen molar-refractivity contribution in [3.05, 3.63) is 117 Å². The second kappa shape index (κ2) is 9.32. The Balaban J connectivity index is 1.41. The van der Waals surface area contributed by atoms with Crippen molar-refractivity contribution in [2.24, 2.45) is 0 Å². The van der Waals surface area contributed by atoms with Crippen LogP contribution in [0.15, 0.2) is 72.8 Å². The van der Waals surface area contributed by atoms with E-state index >= 15 is 0 Å². The first-order valence-electron chi connectivity index (χ1n) is 12.8. The van der Waals surface area contributed by atoms with Crippen LogP contribution in [0.4, 0.5) is 0 Å². The quantitative estimate of drug-likeness (QED) is 0.244. The van der Waals surface area contributed by atoms with Crippen molar-refractivity contribution in [1.82, 2.24) is 0 Å². The van der Waals surface area contributed by atoms with Crippen LogP contribution in [0, 0.1) is 27.7 Å². The van der Waals surface area contributed by atoms with Crippen molar-refractivity contribution in [2.75, 3.05) is 5.90 Å². The third kappa shape index (κ3) is 4.20. The molecule has 0 saturated heterocycles. The van der Waals surface area contributed by atoms with Gasteiger partial charge in [-0.1, -0.05) is 88.6 Å². The predicted octanol–water partition coefficient (Wildman–Crippen LogP) is 9.90. The van der Waals surface area contributed by atoms with Gasteiger partial charge in [0.2, 0.25) is 0 Å². The summed E-state index contributed by atoms with van der Waals surface area (Å²) in [6.07, 6.45) is 5.08. The summed E-state index contributed by atoms with van der Waals surface area (Å²) in [5, 5.41) is 0. The number of aryl methyl sites for hydroxylation is 4. The van der Waals surface area contributed by atoms with Crippen LogP contribution >= 0.6 is 15.8 Å². The van der Waals surface area contributed by atoms with Gasteiger partial charge in [-0.15, -0.1) is 0 Å². The Labute approximate surface area is 213 Å². The van der Waals surface area contributed by atoms with Crippen molar-refractivity contribution in [3.63, 3.8) is 0 Å². The lowest BCUT2D eigenvalue weighted by molar-refractivity contribution is 1.27. The second-order valence-corrected chi connectivity index (χ2v) is 15.6. The normalized spacial score (nSPS) is 15.4. The highest BCUT2D eigenvalue weighted by molar-refractivity contribution is 7.73. The maximum Gasteiger partial charge on any atom is -0.00581 e. The molecule has 0 bridgehead atoms. The van der Waals surface area contributed by atoms with Gasteiger partial charge in [0.05, 0.1) is 0 Å². The van der Waals surface area contributed by atoms with Crippen molar-refractivity contribution in [1.29, 1.82) is 0 Å². The molecule has 2 aliphatic rings. The number of benzene rings is 4. The van der Waals surface area contributed by atoms with Crippen LogP contribution in [-0.2, 0) is 24.6 Å². The van der Waals surface area contributed by atoms with E-state index in [9.17, 15) is 0 Å². The van der Waals surface area contributed by atoms with E-state index in [1.165, 1.54) is 75.1 Å². The minimum absolute atomic E-state index is 0.108. The van der Waals surface area contributed by atoms with E-state index in [2.05, 4.69) is 100 Å². The van der Waals surface area contributed by atoms with Gasteiger partial charge in [0.25, 0.3) is 0 Å². The van der Waals surface area contributed by atoms with Crippen molar-refractivity contribution >= 4 is 15.8 Å². The molecule has 2 heterocycles. The zero-order valence-corrected chi connectivity index (χ0v) is 23.1. The minimum Gasteiger partial charge on any atom is -0.0932 e. The van der Waals surface area contributed by atoms with E-state index in [4.69, 9.17) is 0 Å².